The Bertz CT molecular complexity index is 286. The number of rotatable bonds is 10. The van der Waals surface area contributed by atoms with E-state index in [1.54, 1.807) is 0 Å². The molecule has 1 rings (SSSR count). The van der Waals surface area contributed by atoms with Gasteiger partial charge >= 0.3 is 0 Å². The largest absolute Gasteiger partial charge is 0.313 e. The fraction of sp³-hybridized carbons (Fsp3) is 0.625. The monoisotopic (exact) mass is 265 g/mol. The van der Waals surface area contributed by atoms with Gasteiger partial charge in [-0.15, -0.1) is 0 Å². The predicted molar refractivity (Wildman–Crippen MR) is 84.5 cm³/mol. The molecule has 18 heavy (non-hydrogen) atoms. The van der Waals surface area contributed by atoms with Gasteiger partial charge in [-0.3, -0.25) is 0 Å². The van der Waals surface area contributed by atoms with E-state index in [1.165, 1.54) is 42.8 Å². The highest BCUT2D eigenvalue weighted by Crippen LogP contribution is 2.11. The van der Waals surface area contributed by atoms with Crippen molar-refractivity contribution in [1.29, 1.82) is 0 Å². The van der Waals surface area contributed by atoms with Crippen LogP contribution in [0.2, 0.25) is 0 Å². The Morgan fingerprint density at radius 1 is 1.17 bits per heavy atom. The number of benzene rings is 1. The van der Waals surface area contributed by atoms with Crippen LogP contribution >= 0.6 is 11.8 Å². The molecule has 0 radical (unpaired) electrons. The summed E-state index contributed by atoms with van der Waals surface area (Å²) in [6.45, 7) is 5.54. The molecule has 0 bridgehead atoms. The van der Waals surface area contributed by atoms with E-state index in [4.69, 9.17) is 0 Å². The van der Waals surface area contributed by atoms with Gasteiger partial charge in [-0.05, 0) is 43.5 Å². The van der Waals surface area contributed by atoms with E-state index in [2.05, 4.69) is 61.3 Å². The first kappa shape index (κ1) is 15.6. The molecule has 0 heterocycles. The molecule has 0 aromatic heterocycles. The van der Waals surface area contributed by atoms with E-state index in [1.807, 2.05) is 0 Å². The second-order valence-electron chi connectivity index (χ2n) is 4.71. The molecule has 1 N–H and O–H groups in total. The Morgan fingerprint density at radius 2 is 1.94 bits per heavy atom. The predicted octanol–water partition coefficient (Wildman–Crippen LogP) is 4.13. The number of thioether (sulfide) groups is 1. The first-order chi connectivity index (χ1) is 8.86. The van der Waals surface area contributed by atoms with E-state index < -0.39 is 0 Å². The van der Waals surface area contributed by atoms with Gasteiger partial charge in [0, 0.05) is 11.8 Å². The zero-order chi connectivity index (χ0) is 13.1. The van der Waals surface area contributed by atoms with Crippen molar-refractivity contribution < 1.29 is 0 Å². The lowest BCUT2D eigenvalue weighted by Crippen LogP contribution is -2.31. The summed E-state index contributed by atoms with van der Waals surface area (Å²) in [6.07, 6.45) is 5.07. The van der Waals surface area contributed by atoms with Crippen molar-refractivity contribution in [2.45, 2.75) is 45.6 Å². The molecule has 0 aliphatic heterocycles. The van der Waals surface area contributed by atoms with Crippen LogP contribution in [0.25, 0.3) is 0 Å². The summed E-state index contributed by atoms with van der Waals surface area (Å²) in [5.74, 6) is 2.55. The fourth-order valence-corrected chi connectivity index (χ4v) is 3.12. The summed E-state index contributed by atoms with van der Waals surface area (Å²) in [6, 6.07) is 11.5. The van der Waals surface area contributed by atoms with Crippen LogP contribution in [0.5, 0.6) is 0 Å². The summed E-state index contributed by atoms with van der Waals surface area (Å²) in [4.78, 5) is 0. The maximum atomic E-state index is 3.61. The van der Waals surface area contributed by atoms with Crippen molar-refractivity contribution in [2.75, 3.05) is 18.1 Å². The maximum absolute atomic E-state index is 3.61. The SMILES string of the molecule is CCCSCC(CCCc1ccccc1)NCC. The van der Waals surface area contributed by atoms with Crippen LogP contribution in [-0.4, -0.2) is 24.1 Å². The van der Waals surface area contributed by atoms with Gasteiger partial charge in [0.15, 0.2) is 0 Å². The van der Waals surface area contributed by atoms with Gasteiger partial charge < -0.3 is 5.32 Å². The van der Waals surface area contributed by atoms with Crippen molar-refractivity contribution >= 4 is 11.8 Å². The van der Waals surface area contributed by atoms with Crippen molar-refractivity contribution in [3.8, 4) is 0 Å². The zero-order valence-corrected chi connectivity index (χ0v) is 12.6. The lowest BCUT2D eigenvalue weighted by atomic mass is 10.1. The van der Waals surface area contributed by atoms with Gasteiger partial charge in [-0.25, -0.2) is 0 Å². The Kier molecular flexibility index (Phi) is 9.05. The fourth-order valence-electron chi connectivity index (χ4n) is 2.10. The van der Waals surface area contributed by atoms with Crippen LogP contribution in [-0.2, 0) is 6.42 Å². The molecule has 1 aromatic carbocycles. The third-order valence-corrected chi connectivity index (χ3v) is 4.36. The average molecular weight is 265 g/mol. The first-order valence-corrected chi connectivity index (χ1v) is 8.37. The van der Waals surface area contributed by atoms with Crippen LogP contribution in [0.3, 0.4) is 0 Å². The molecular formula is C16H27NS. The highest BCUT2D eigenvalue weighted by Gasteiger charge is 2.06. The van der Waals surface area contributed by atoms with Gasteiger partial charge in [0.05, 0.1) is 0 Å². The second-order valence-corrected chi connectivity index (χ2v) is 5.86. The molecule has 1 unspecified atom stereocenters. The summed E-state index contributed by atoms with van der Waals surface area (Å²) < 4.78 is 0. The zero-order valence-electron chi connectivity index (χ0n) is 11.8. The van der Waals surface area contributed by atoms with Crippen LogP contribution < -0.4 is 5.32 Å². The molecule has 0 fully saturated rings. The molecule has 2 heteroatoms. The molecule has 1 aromatic rings. The van der Waals surface area contributed by atoms with Gasteiger partial charge in [0.1, 0.15) is 0 Å². The van der Waals surface area contributed by atoms with Crippen molar-refractivity contribution in [1.82, 2.24) is 5.32 Å². The second kappa shape index (κ2) is 10.5. The molecular weight excluding hydrogens is 238 g/mol. The van der Waals surface area contributed by atoms with Crippen LogP contribution in [0, 0.1) is 0 Å². The van der Waals surface area contributed by atoms with Crippen molar-refractivity contribution in [2.24, 2.45) is 0 Å². The molecule has 0 aliphatic carbocycles. The Balaban J connectivity index is 2.20. The van der Waals surface area contributed by atoms with E-state index >= 15 is 0 Å². The molecule has 102 valence electrons. The normalized spacial score (nSPS) is 12.6. The van der Waals surface area contributed by atoms with Crippen LogP contribution in [0.4, 0.5) is 0 Å². The number of hydrogen-bond acceptors (Lipinski definition) is 2. The number of nitrogens with one attached hydrogen (secondary N) is 1. The molecule has 0 saturated heterocycles. The number of aryl methyl sites for hydroxylation is 1. The molecule has 0 amide bonds. The van der Waals surface area contributed by atoms with Crippen LogP contribution in [0.15, 0.2) is 30.3 Å². The van der Waals surface area contributed by atoms with Gasteiger partial charge in [-0.1, -0.05) is 44.2 Å². The van der Waals surface area contributed by atoms with Gasteiger partial charge in [-0.2, -0.15) is 11.8 Å². The molecule has 0 aliphatic rings. The third kappa shape index (κ3) is 7.07. The average Bonchev–Trinajstić information content (AvgIpc) is 2.40. The quantitative estimate of drug-likeness (QED) is 0.638. The number of hydrogen-bond donors (Lipinski definition) is 1. The minimum atomic E-state index is 0.690. The molecule has 1 atom stereocenters. The minimum Gasteiger partial charge on any atom is -0.313 e. The molecule has 0 saturated carbocycles. The van der Waals surface area contributed by atoms with Gasteiger partial charge in [0.25, 0.3) is 0 Å². The van der Waals surface area contributed by atoms with E-state index in [-0.39, 0.29) is 0 Å². The summed E-state index contributed by atoms with van der Waals surface area (Å²) in [7, 11) is 0. The lowest BCUT2D eigenvalue weighted by molar-refractivity contribution is 0.519. The highest BCUT2D eigenvalue weighted by atomic mass is 32.2. The van der Waals surface area contributed by atoms with E-state index in [0.29, 0.717) is 6.04 Å². The summed E-state index contributed by atoms with van der Waals surface area (Å²) >= 11 is 2.09. The van der Waals surface area contributed by atoms with Crippen LogP contribution in [0.1, 0.15) is 38.7 Å². The van der Waals surface area contributed by atoms with E-state index in [0.717, 1.165) is 6.54 Å². The Morgan fingerprint density at radius 3 is 2.61 bits per heavy atom. The summed E-state index contributed by atoms with van der Waals surface area (Å²) in [5, 5.41) is 3.61. The molecule has 0 spiro atoms. The molecule has 1 nitrogen and oxygen atoms in total. The van der Waals surface area contributed by atoms with Crippen molar-refractivity contribution in [3.05, 3.63) is 35.9 Å². The Hall–Kier alpha value is -0.470. The Labute approximate surface area is 117 Å². The smallest absolute Gasteiger partial charge is 0.0158 e. The standard InChI is InChI=1S/C16H27NS/c1-3-13-18-14-16(17-4-2)12-8-11-15-9-6-5-7-10-15/h5-7,9-10,16-17H,3-4,8,11-14H2,1-2H3. The minimum absolute atomic E-state index is 0.690. The topological polar surface area (TPSA) is 12.0 Å². The summed E-state index contributed by atoms with van der Waals surface area (Å²) in [5.41, 5.74) is 1.47. The van der Waals surface area contributed by atoms with E-state index in [9.17, 15) is 0 Å². The third-order valence-electron chi connectivity index (χ3n) is 3.02. The maximum Gasteiger partial charge on any atom is 0.0158 e. The lowest BCUT2D eigenvalue weighted by Gasteiger charge is -2.17. The van der Waals surface area contributed by atoms with Gasteiger partial charge in [0.2, 0.25) is 0 Å². The first-order valence-electron chi connectivity index (χ1n) is 7.21. The highest BCUT2D eigenvalue weighted by molar-refractivity contribution is 7.99. The van der Waals surface area contributed by atoms with Crippen molar-refractivity contribution in [3.63, 3.8) is 0 Å².